The van der Waals surface area contributed by atoms with Gasteiger partial charge in [0.2, 0.25) is 0 Å². The minimum absolute atomic E-state index is 0.285. The zero-order chi connectivity index (χ0) is 23.4. The van der Waals surface area contributed by atoms with Crippen molar-refractivity contribution in [2.75, 3.05) is 0 Å². The Labute approximate surface area is 179 Å². The van der Waals surface area contributed by atoms with Crippen molar-refractivity contribution < 1.29 is 0 Å². The molecule has 0 heterocycles. The van der Waals surface area contributed by atoms with Gasteiger partial charge in [0.05, 0.1) is 0 Å². The van der Waals surface area contributed by atoms with E-state index in [9.17, 15) is 0 Å². The molecule has 0 aliphatic carbocycles. The third kappa shape index (κ3) is 19.0. The van der Waals surface area contributed by atoms with Crippen LogP contribution in [0.2, 0.25) is 0 Å². The summed E-state index contributed by atoms with van der Waals surface area (Å²) >= 11 is 0. The molecule has 0 unspecified atom stereocenters. The Morgan fingerprint density at radius 2 is 1.25 bits per heavy atom. The molecule has 0 amide bonds. The lowest BCUT2D eigenvalue weighted by molar-refractivity contribution is 0.516. The lowest BCUT2D eigenvalue weighted by Crippen LogP contribution is -2.10. The Kier molecular flexibility index (Phi) is 24.2. The van der Waals surface area contributed by atoms with Crippen molar-refractivity contribution in [1.29, 1.82) is 0 Å². The molecule has 0 aliphatic heterocycles. The minimum atomic E-state index is 0.285. The van der Waals surface area contributed by atoms with E-state index in [0.717, 1.165) is 6.42 Å². The van der Waals surface area contributed by atoms with Crippen LogP contribution in [0, 0.1) is 25.2 Å². The molecule has 0 nitrogen and oxygen atoms in total. The van der Waals surface area contributed by atoms with Gasteiger partial charge in [-0.25, -0.2) is 0 Å². The Balaban J connectivity index is -0.000000162. The molecule has 1 aromatic carbocycles. The van der Waals surface area contributed by atoms with E-state index >= 15 is 0 Å². The zero-order valence-corrected chi connectivity index (χ0v) is 21.4. The molecule has 0 radical (unpaired) electrons. The summed E-state index contributed by atoms with van der Waals surface area (Å²) in [4.78, 5) is 0. The summed E-state index contributed by atoms with van der Waals surface area (Å²) in [6.07, 6.45) is 15.7. The molecule has 0 bridgehead atoms. The molecule has 0 atom stereocenters. The second kappa shape index (κ2) is 20.0. The maximum atomic E-state index is 4.00. The molecule has 0 aromatic heterocycles. The molecule has 0 spiro atoms. The summed E-state index contributed by atoms with van der Waals surface area (Å²) in [7, 11) is 0. The molecule has 1 rings (SSSR count). The van der Waals surface area contributed by atoms with E-state index in [0.29, 0.717) is 5.41 Å². The Morgan fingerprint density at radius 3 is 1.50 bits per heavy atom. The van der Waals surface area contributed by atoms with Gasteiger partial charge >= 0.3 is 0 Å². The fourth-order valence-electron chi connectivity index (χ4n) is 2.08. The largest absolute Gasteiger partial charge is 0.124 e. The lowest BCUT2D eigenvalue weighted by Gasteiger charge is -2.19. The summed E-state index contributed by atoms with van der Waals surface area (Å²) in [5.41, 5.74) is 4.73. The second-order valence-electron chi connectivity index (χ2n) is 7.92. The maximum absolute atomic E-state index is 4.00. The van der Waals surface area contributed by atoms with Crippen LogP contribution in [0.25, 0.3) is 0 Å². The van der Waals surface area contributed by atoms with Gasteiger partial charge in [0, 0.05) is 0 Å². The fourth-order valence-corrected chi connectivity index (χ4v) is 2.08. The van der Waals surface area contributed by atoms with E-state index in [1.807, 2.05) is 27.7 Å². The molecular formula is C28H50. The van der Waals surface area contributed by atoms with Gasteiger partial charge in [-0.1, -0.05) is 124 Å². The van der Waals surface area contributed by atoms with Crippen LogP contribution in [0.3, 0.4) is 0 Å². The quantitative estimate of drug-likeness (QED) is 0.350. The first-order valence-electron chi connectivity index (χ1n) is 10.8. The summed E-state index contributed by atoms with van der Waals surface area (Å²) < 4.78 is 0. The van der Waals surface area contributed by atoms with Crippen LogP contribution in [0.15, 0.2) is 48.1 Å². The summed E-state index contributed by atoms with van der Waals surface area (Å²) in [6, 6.07) is 8.74. The summed E-state index contributed by atoms with van der Waals surface area (Å²) in [5.74, 6) is 0. The Morgan fingerprint density at radius 1 is 0.857 bits per heavy atom. The van der Waals surface area contributed by atoms with Crippen LogP contribution in [-0.4, -0.2) is 0 Å². The van der Waals surface area contributed by atoms with Crippen molar-refractivity contribution in [2.45, 2.75) is 102 Å². The standard InChI is InChI=1S/C11H16.C11H20.2C2H6.C2H2/c1-9-5-7-10(8-6-9)11(2,3)4;1-6-8-9-10(7-2)11(3,4)5;3*1-2/h5-8H,1-4H3;7-9H,6H2,1-5H3;2*1-2H3;1-2H/b;9-8-,10-7+;;;. The van der Waals surface area contributed by atoms with Gasteiger partial charge in [0.25, 0.3) is 0 Å². The third-order valence-corrected chi connectivity index (χ3v) is 3.63. The van der Waals surface area contributed by atoms with Crippen LogP contribution in [0.5, 0.6) is 0 Å². The molecule has 0 N–H and O–H groups in total. The molecule has 28 heavy (non-hydrogen) atoms. The molecule has 0 fully saturated rings. The maximum Gasteiger partial charge on any atom is -0.0132 e. The van der Waals surface area contributed by atoms with Gasteiger partial charge < -0.3 is 0 Å². The monoisotopic (exact) mass is 386 g/mol. The predicted molar refractivity (Wildman–Crippen MR) is 135 cm³/mol. The molecule has 0 saturated heterocycles. The van der Waals surface area contributed by atoms with E-state index in [-0.39, 0.29) is 5.41 Å². The predicted octanol–water partition coefficient (Wildman–Crippen LogP) is 9.54. The van der Waals surface area contributed by atoms with E-state index in [4.69, 9.17) is 0 Å². The van der Waals surface area contributed by atoms with Crippen LogP contribution in [0.1, 0.15) is 101 Å². The number of benzene rings is 1. The van der Waals surface area contributed by atoms with E-state index in [1.165, 1.54) is 16.7 Å². The number of terminal acetylenes is 1. The van der Waals surface area contributed by atoms with Gasteiger partial charge in [0.15, 0.2) is 0 Å². The van der Waals surface area contributed by atoms with Crippen molar-refractivity contribution in [3.05, 3.63) is 59.2 Å². The number of hydrogen-bond acceptors (Lipinski definition) is 0. The highest BCUT2D eigenvalue weighted by molar-refractivity contribution is 5.26. The van der Waals surface area contributed by atoms with Gasteiger partial charge in [-0.05, 0) is 42.2 Å². The SMILES string of the molecule is C#C.C/C=C(\C=C/CC)C(C)(C)C.CC.CC.Cc1ccc(C(C)(C)C)cc1. The molecular weight excluding hydrogens is 336 g/mol. The van der Waals surface area contributed by atoms with Crippen LogP contribution >= 0.6 is 0 Å². The number of aryl methyl sites for hydroxylation is 1. The molecule has 0 aliphatic rings. The van der Waals surface area contributed by atoms with Gasteiger partial charge in [0.1, 0.15) is 0 Å². The highest BCUT2D eigenvalue weighted by atomic mass is 14.2. The van der Waals surface area contributed by atoms with Crippen LogP contribution in [-0.2, 0) is 5.41 Å². The average molecular weight is 387 g/mol. The van der Waals surface area contributed by atoms with E-state index < -0.39 is 0 Å². The molecule has 1 aromatic rings. The first-order valence-corrected chi connectivity index (χ1v) is 10.8. The van der Waals surface area contributed by atoms with Crippen molar-refractivity contribution in [3.63, 3.8) is 0 Å². The molecule has 0 saturated carbocycles. The highest BCUT2D eigenvalue weighted by Crippen LogP contribution is 2.25. The van der Waals surface area contributed by atoms with E-state index in [2.05, 4.69) is 118 Å². The molecule has 0 heteroatoms. The van der Waals surface area contributed by atoms with Gasteiger partial charge in [-0.3, -0.25) is 0 Å². The summed E-state index contributed by atoms with van der Waals surface area (Å²) in [5, 5.41) is 0. The number of hydrogen-bond donors (Lipinski definition) is 0. The van der Waals surface area contributed by atoms with Crippen LogP contribution < -0.4 is 0 Å². The van der Waals surface area contributed by atoms with E-state index in [1.54, 1.807) is 0 Å². The van der Waals surface area contributed by atoms with Crippen molar-refractivity contribution >= 4 is 0 Å². The number of rotatable bonds is 2. The van der Waals surface area contributed by atoms with Crippen molar-refractivity contribution in [2.24, 2.45) is 5.41 Å². The highest BCUT2D eigenvalue weighted by Gasteiger charge is 2.12. The minimum Gasteiger partial charge on any atom is -0.124 e. The van der Waals surface area contributed by atoms with Crippen molar-refractivity contribution in [3.8, 4) is 12.8 Å². The number of allylic oxidation sites excluding steroid dienone is 4. The smallest absolute Gasteiger partial charge is 0.0132 e. The second-order valence-corrected chi connectivity index (χ2v) is 7.92. The summed E-state index contributed by atoms with van der Waals surface area (Å²) in [6.45, 7) is 27.8. The van der Waals surface area contributed by atoms with Crippen LogP contribution in [0.4, 0.5) is 0 Å². The molecule has 162 valence electrons. The first-order chi connectivity index (χ1) is 13.0. The zero-order valence-electron chi connectivity index (χ0n) is 21.4. The topological polar surface area (TPSA) is 0 Å². The van der Waals surface area contributed by atoms with Gasteiger partial charge in [-0.15, -0.1) is 12.8 Å². The third-order valence-electron chi connectivity index (χ3n) is 3.63. The Hall–Kier alpha value is -1.74. The Bertz CT molecular complexity index is 508. The van der Waals surface area contributed by atoms with Gasteiger partial charge in [-0.2, -0.15) is 0 Å². The normalized spacial score (nSPS) is 10.8. The van der Waals surface area contributed by atoms with Crippen molar-refractivity contribution in [1.82, 2.24) is 0 Å². The average Bonchev–Trinajstić information content (AvgIpc) is 2.66. The fraction of sp³-hybridized carbons (Fsp3) is 0.571. The lowest BCUT2D eigenvalue weighted by atomic mass is 9.86. The first kappa shape index (κ1) is 33.8.